The van der Waals surface area contributed by atoms with E-state index in [9.17, 15) is 4.79 Å². The van der Waals surface area contributed by atoms with E-state index < -0.39 is 0 Å². The minimum Gasteiger partial charge on any atom is -0.306 e. The van der Waals surface area contributed by atoms with Crippen LogP contribution in [0.4, 0.5) is 0 Å². The number of nitrogens with one attached hydrogen (secondary N) is 1. The highest BCUT2D eigenvalue weighted by Gasteiger charge is 2.08. The number of hydrogen-bond donors (Lipinski definition) is 1. The van der Waals surface area contributed by atoms with Crippen molar-refractivity contribution in [3.63, 3.8) is 0 Å². The number of aryl methyl sites for hydroxylation is 2. The summed E-state index contributed by atoms with van der Waals surface area (Å²) >= 11 is 0. The molecule has 0 radical (unpaired) electrons. The van der Waals surface area contributed by atoms with Crippen LogP contribution in [0.2, 0.25) is 0 Å². The molecule has 0 unspecified atom stereocenters. The predicted molar refractivity (Wildman–Crippen MR) is 54.7 cm³/mol. The van der Waals surface area contributed by atoms with E-state index in [0.717, 1.165) is 28.9 Å². The van der Waals surface area contributed by atoms with Crippen LogP contribution >= 0.6 is 0 Å². The van der Waals surface area contributed by atoms with Gasteiger partial charge in [-0.25, -0.2) is 4.52 Å². The van der Waals surface area contributed by atoms with Gasteiger partial charge in [0.1, 0.15) is 5.65 Å². The number of aromatic nitrogens is 3. The zero-order valence-corrected chi connectivity index (χ0v) is 8.59. The van der Waals surface area contributed by atoms with Gasteiger partial charge in [0.15, 0.2) is 0 Å². The van der Waals surface area contributed by atoms with E-state index in [2.05, 4.69) is 10.1 Å². The van der Waals surface area contributed by atoms with Crippen LogP contribution in [0.15, 0.2) is 11.0 Å². The molecule has 2 rings (SSSR count). The first kappa shape index (κ1) is 8.99. The van der Waals surface area contributed by atoms with E-state index in [-0.39, 0.29) is 5.56 Å². The smallest absolute Gasteiger partial charge is 0.254 e. The Labute approximate surface area is 81.6 Å². The first-order chi connectivity index (χ1) is 6.65. The highest BCUT2D eigenvalue weighted by molar-refractivity contribution is 5.47. The van der Waals surface area contributed by atoms with Gasteiger partial charge >= 0.3 is 0 Å². The van der Waals surface area contributed by atoms with E-state index in [4.69, 9.17) is 0 Å². The molecular weight excluding hydrogens is 178 g/mol. The van der Waals surface area contributed by atoms with Gasteiger partial charge in [0.05, 0.1) is 6.20 Å². The Morgan fingerprint density at radius 1 is 1.50 bits per heavy atom. The monoisotopic (exact) mass is 191 g/mol. The van der Waals surface area contributed by atoms with Gasteiger partial charge in [0.25, 0.3) is 5.56 Å². The number of aromatic amines is 1. The predicted octanol–water partition coefficient (Wildman–Crippen LogP) is 1.20. The van der Waals surface area contributed by atoms with E-state index in [1.165, 1.54) is 0 Å². The van der Waals surface area contributed by atoms with Crippen molar-refractivity contribution in [3.8, 4) is 0 Å². The number of nitrogens with zero attached hydrogens (tertiary/aromatic N) is 2. The van der Waals surface area contributed by atoms with Crippen LogP contribution in [0, 0.1) is 13.8 Å². The minimum atomic E-state index is -0.0230. The zero-order chi connectivity index (χ0) is 10.3. The Hall–Kier alpha value is -1.58. The molecule has 1 N–H and O–H groups in total. The summed E-state index contributed by atoms with van der Waals surface area (Å²) in [6.07, 6.45) is 2.68. The van der Waals surface area contributed by atoms with Crippen molar-refractivity contribution in [2.75, 3.05) is 0 Å². The van der Waals surface area contributed by atoms with Gasteiger partial charge in [-0.05, 0) is 20.3 Å². The molecule has 0 aliphatic rings. The van der Waals surface area contributed by atoms with Crippen LogP contribution in [-0.2, 0) is 6.42 Å². The molecular formula is C10H13N3O. The van der Waals surface area contributed by atoms with Crippen molar-refractivity contribution in [2.24, 2.45) is 0 Å². The van der Waals surface area contributed by atoms with Gasteiger partial charge in [0, 0.05) is 16.8 Å². The van der Waals surface area contributed by atoms with Crippen LogP contribution in [0.3, 0.4) is 0 Å². The Morgan fingerprint density at radius 2 is 2.21 bits per heavy atom. The highest BCUT2D eigenvalue weighted by atomic mass is 16.1. The highest BCUT2D eigenvalue weighted by Crippen LogP contribution is 2.10. The summed E-state index contributed by atoms with van der Waals surface area (Å²) in [5.41, 5.74) is 3.50. The molecule has 0 fully saturated rings. The lowest BCUT2D eigenvalue weighted by Gasteiger charge is -2.02. The Bertz CT molecular complexity index is 536. The lowest BCUT2D eigenvalue weighted by atomic mass is 10.2. The molecule has 0 saturated heterocycles. The molecule has 2 aromatic heterocycles. The van der Waals surface area contributed by atoms with Crippen LogP contribution in [0.1, 0.15) is 23.7 Å². The Balaban J connectivity index is 2.93. The fourth-order valence-corrected chi connectivity index (χ4v) is 1.55. The van der Waals surface area contributed by atoms with Crippen LogP contribution in [0.25, 0.3) is 5.65 Å². The second kappa shape index (κ2) is 2.97. The maximum Gasteiger partial charge on any atom is 0.254 e. The van der Waals surface area contributed by atoms with Crippen molar-refractivity contribution in [1.82, 2.24) is 14.6 Å². The Kier molecular flexibility index (Phi) is 1.91. The lowest BCUT2D eigenvalue weighted by molar-refractivity contribution is 0.870. The van der Waals surface area contributed by atoms with Crippen LogP contribution in [-0.4, -0.2) is 14.6 Å². The average molecular weight is 191 g/mol. The molecule has 0 atom stereocenters. The standard InChI is InChI=1S/C10H13N3O/c1-4-8-5-11-13-7(3)6(2)10(14)12-9(8)13/h5H,4H2,1-3H3,(H,12,14). The molecule has 0 aromatic carbocycles. The molecule has 0 aliphatic heterocycles. The molecule has 4 nitrogen and oxygen atoms in total. The van der Waals surface area contributed by atoms with Gasteiger partial charge in [-0.3, -0.25) is 4.79 Å². The largest absolute Gasteiger partial charge is 0.306 e. The lowest BCUT2D eigenvalue weighted by Crippen LogP contribution is -2.15. The fourth-order valence-electron chi connectivity index (χ4n) is 1.55. The summed E-state index contributed by atoms with van der Waals surface area (Å²) in [6.45, 7) is 5.76. The van der Waals surface area contributed by atoms with Crippen molar-refractivity contribution < 1.29 is 0 Å². The Morgan fingerprint density at radius 3 is 2.86 bits per heavy atom. The first-order valence-corrected chi connectivity index (χ1v) is 4.71. The molecule has 0 bridgehead atoms. The summed E-state index contributed by atoms with van der Waals surface area (Å²) in [5.74, 6) is 0. The summed E-state index contributed by atoms with van der Waals surface area (Å²) < 4.78 is 1.79. The van der Waals surface area contributed by atoms with Crippen LogP contribution in [0.5, 0.6) is 0 Å². The molecule has 2 aromatic rings. The fraction of sp³-hybridized carbons (Fsp3) is 0.400. The molecule has 0 aliphatic carbocycles. The van der Waals surface area contributed by atoms with E-state index in [0.29, 0.717) is 0 Å². The number of rotatable bonds is 1. The molecule has 0 spiro atoms. The van der Waals surface area contributed by atoms with Gasteiger partial charge in [-0.2, -0.15) is 5.10 Å². The zero-order valence-electron chi connectivity index (χ0n) is 8.59. The van der Waals surface area contributed by atoms with Gasteiger partial charge in [0.2, 0.25) is 0 Å². The van der Waals surface area contributed by atoms with Gasteiger partial charge in [-0.1, -0.05) is 6.92 Å². The SMILES string of the molecule is CCc1cnn2c(C)c(C)c(=O)[nH]c12. The average Bonchev–Trinajstić information content (AvgIpc) is 2.57. The quantitative estimate of drug-likeness (QED) is 0.736. The summed E-state index contributed by atoms with van der Waals surface area (Å²) in [4.78, 5) is 14.4. The van der Waals surface area contributed by atoms with Crippen LogP contribution < -0.4 is 5.56 Å². The van der Waals surface area contributed by atoms with Crippen molar-refractivity contribution in [1.29, 1.82) is 0 Å². The normalized spacial score (nSPS) is 11.1. The van der Waals surface area contributed by atoms with Gasteiger partial charge in [-0.15, -0.1) is 0 Å². The van der Waals surface area contributed by atoms with Crippen molar-refractivity contribution >= 4 is 5.65 Å². The van der Waals surface area contributed by atoms with Crippen molar-refractivity contribution in [2.45, 2.75) is 27.2 Å². The maximum absolute atomic E-state index is 11.5. The third-order valence-corrected chi connectivity index (χ3v) is 2.66. The van der Waals surface area contributed by atoms with E-state index in [1.54, 1.807) is 17.6 Å². The molecule has 2 heterocycles. The topological polar surface area (TPSA) is 50.2 Å². The summed E-state index contributed by atoms with van der Waals surface area (Å²) in [7, 11) is 0. The number of fused-ring (bicyclic) bond motifs is 1. The summed E-state index contributed by atoms with van der Waals surface area (Å²) in [6, 6.07) is 0. The third kappa shape index (κ3) is 1.07. The maximum atomic E-state index is 11.5. The second-order valence-corrected chi connectivity index (χ2v) is 3.45. The van der Waals surface area contributed by atoms with E-state index in [1.807, 2.05) is 13.8 Å². The molecule has 0 saturated carbocycles. The molecule has 74 valence electrons. The van der Waals surface area contributed by atoms with E-state index >= 15 is 0 Å². The molecule has 14 heavy (non-hydrogen) atoms. The first-order valence-electron chi connectivity index (χ1n) is 4.71. The molecule has 4 heteroatoms. The second-order valence-electron chi connectivity index (χ2n) is 3.45. The van der Waals surface area contributed by atoms with Gasteiger partial charge < -0.3 is 4.98 Å². The third-order valence-electron chi connectivity index (χ3n) is 2.66. The minimum absolute atomic E-state index is 0.0230. The van der Waals surface area contributed by atoms with Crippen molar-refractivity contribution in [3.05, 3.63) is 33.4 Å². The number of H-pyrrole nitrogens is 1. The molecule has 0 amide bonds. The number of hydrogen-bond acceptors (Lipinski definition) is 2. The summed E-state index contributed by atoms with van der Waals surface area (Å²) in [5, 5.41) is 4.24.